The minimum absolute atomic E-state index is 0.114. The number of hydrogen-bond donors (Lipinski definition) is 4. The first-order valence-corrected chi connectivity index (χ1v) is 14.8. The molecular weight excluding hydrogens is 580 g/mol. The summed E-state index contributed by atoms with van der Waals surface area (Å²) in [5.74, 6) is -1.61. The molecule has 44 heavy (non-hydrogen) atoms. The van der Waals surface area contributed by atoms with Gasteiger partial charge in [-0.15, -0.1) is 0 Å². The van der Waals surface area contributed by atoms with E-state index in [1.54, 1.807) is 0 Å². The van der Waals surface area contributed by atoms with E-state index in [2.05, 4.69) is 40.2 Å². The lowest BCUT2D eigenvalue weighted by molar-refractivity contribution is -0.142. The third-order valence-corrected chi connectivity index (χ3v) is 6.48. The summed E-state index contributed by atoms with van der Waals surface area (Å²) >= 11 is 0. The van der Waals surface area contributed by atoms with Gasteiger partial charge >= 0.3 is 23.9 Å². The topological polar surface area (TPSA) is 194 Å². The lowest BCUT2D eigenvalue weighted by Crippen LogP contribution is -2.38. The van der Waals surface area contributed by atoms with Crippen LogP contribution in [0.15, 0.2) is 0 Å². The number of carbonyl (C=O) groups is 6. The summed E-state index contributed by atoms with van der Waals surface area (Å²) in [7, 11) is 5.27. The van der Waals surface area contributed by atoms with E-state index in [9.17, 15) is 28.8 Å². The molecule has 0 fully saturated rings. The van der Waals surface area contributed by atoms with Crippen LogP contribution in [0.2, 0.25) is 0 Å². The molecule has 0 radical (unpaired) electrons. The molecule has 16 heteroatoms. The summed E-state index contributed by atoms with van der Waals surface area (Å²) in [6.07, 6.45) is 1.34. The zero-order valence-electron chi connectivity index (χ0n) is 26.7. The van der Waals surface area contributed by atoms with Gasteiger partial charge in [-0.05, 0) is 0 Å². The van der Waals surface area contributed by atoms with Crippen molar-refractivity contribution in [2.24, 2.45) is 0 Å². The van der Waals surface area contributed by atoms with Gasteiger partial charge in [0.2, 0.25) is 11.8 Å². The van der Waals surface area contributed by atoms with Gasteiger partial charge in [-0.2, -0.15) is 0 Å². The van der Waals surface area contributed by atoms with E-state index in [-0.39, 0.29) is 61.4 Å². The highest BCUT2D eigenvalue weighted by molar-refractivity contribution is 5.76. The molecule has 2 amide bonds. The van der Waals surface area contributed by atoms with Crippen molar-refractivity contribution >= 4 is 35.7 Å². The summed E-state index contributed by atoms with van der Waals surface area (Å²) in [6, 6.07) is 0. The molecule has 16 nitrogen and oxygen atoms in total. The zero-order valence-corrected chi connectivity index (χ0v) is 26.7. The number of hydrogen-bond acceptors (Lipinski definition) is 14. The monoisotopic (exact) mass is 632 g/mol. The molecule has 254 valence electrons. The summed E-state index contributed by atoms with van der Waals surface area (Å²) in [6.45, 7) is 5.58. The molecule has 0 aliphatic carbocycles. The molecule has 0 saturated carbocycles. The number of nitrogens with one attached hydrogen (secondary N) is 4. The van der Waals surface area contributed by atoms with Crippen molar-refractivity contribution in [1.29, 1.82) is 0 Å². The Balaban J connectivity index is 4.00. The van der Waals surface area contributed by atoms with Crippen LogP contribution in [0.1, 0.15) is 38.5 Å². The Morgan fingerprint density at radius 1 is 0.409 bits per heavy atom. The average Bonchev–Trinajstić information content (AvgIpc) is 3.03. The number of esters is 4. The third-order valence-electron chi connectivity index (χ3n) is 6.48. The Morgan fingerprint density at radius 3 is 0.977 bits per heavy atom. The molecule has 4 N–H and O–H groups in total. The number of nitrogens with zero attached hydrogens (tertiary/aromatic N) is 2. The number of methoxy groups -OCH3 is 4. The highest BCUT2D eigenvalue weighted by Crippen LogP contribution is 1.98. The highest BCUT2D eigenvalue weighted by Gasteiger charge is 2.13. The van der Waals surface area contributed by atoms with Gasteiger partial charge in [-0.3, -0.25) is 28.8 Å². The van der Waals surface area contributed by atoms with Gasteiger partial charge in [0.05, 0.1) is 54.1 Å². The molecule has 0 heterocycles. The Labute approximate surface area is 260 Å². The van der Waals surface area contributed by atoms with Gasteiger partial charge < -0.3 is 50.0 Å². The van der Waals surface area contributed by atoms with E-state index < -0.39 is 0 Å². The van der Waals surface area contributed by atoms with Crippen LogP contribution in [0, 0.1) is 0 Å². The summed E-state index contributed by atoms with van der Waals surface area (Å²) in [5, 5.41) is 12.0. The minimum atomic E-state index is -0.344. The van der Waals surface area contributed by atoms with Gasteiger partial charge in [0.25, 0.3) is 0 Å². The fraction of sp³-hybridized carbons (Fsp3) is 0.786. The van der Waals surface area contributed by atoms with Crippen LogP contribution in [-0.4, -0.2) is 152 Å². The van der Waals surface area contributed by atoms with Crippen LogP contribution in [0.25, 0.3) is 0 Å². The highest BCUT2D eigenvalue weighted by atomic mass is 16.5. The van der Waals surface area contributed by atoms with E-state index in [0.29, 0.717) is 91.4 Å². The van der Waals surface area contributed by atoms with Crippen LogP contribution in [0.3, 0.4) is 0 Å². The van der Waals surface area contributed by atoms with Crippen molar-refractivity contribution in [3.8, 4) is 0 Å². The van der Waals surface area contributed by atoms with Crippen LogP contribution in [0.4, 0.5) is 0 Å². The average molecular weight is 633 g/mol. The number of carbonyl (C=O) groups excluding carboxylic acids is 6. The van der Waals surface area contributed by atoms with Crippen LogP contribution >= 0.6 is 0 Å². The van der Waals surface area contributed by atoms with Crippen molar-refractivity contribution in [3.63, 3.8) is 0 Å². The van der Waals surface area contributed by atoms with E-state index in [1.807, 2.05) is 9.80 Å². The number of ether oxygens (including phenoxy) is 4. The van der Waals surface area contributed by atoms with Crippen molar-refractivity contribution < 1.29 is 47.7 Å². The lowest BCUT2D eigenvalue weighted by Gasteiger charge is -2.21. The van der Waals surface area contributed by atoms with Crippen LogP contribution < -0.4 is 21.3 Å². The predicted octanol–water partition coefficient (Wildman–Crippen LogP) is -1.97. The standard InChI is InChI=1S/C28H52N6O10/c1-41-25(37)7-17-33(18-8-26(38)42-2)21-15-31-23(35)5-11-29-13-14-30-12-6-24(36)32-16-22-34(19-9-27(39)43-3)20-10-28(40)44-4/h29-30H,5-22H2,1-4H3,(H,31,35)(H,32,36). The fourth-order valence-corrected chi connectivity index (χ4v) is 3.79. The van der Waals surface area contributed by atoms with E-state index in [0.717, 1.165) is 0 Å². The maximum absolute atomic E-state index is 12.1. The fourth-order valence-electron chi connectivity index (χ4n) is 3.79. The summed E-state index contributed by atoms with van der Waals surface area (Å²) in [4.78, 5) is 73.8. The second-order valence-corrected chi connectivity index (χ2v) is 9.69. The third kappa shape index (κ3) is 24.1. The van der Waals surface area contributed by atoms with E-state index in [1.165, 1.54) is 28.4 Å². The Kier molecular flexibility index (Phi) is 25.2. The predicted molar refractivity (Wildman–Crippen MR) is 160 cm³/mol. The zero-order chi connectivity index (χ0) is 33.0. The first-order chi connectivity index (χ1) is 21.1. The van der Waals surface area contributed by atoms with Gasteiger partial charge in [0.1, 0.15) is 0 Å². The molecule has 0 unspecified atom stereocenters. The Hall–Kier alpha value is -3.34. The summed E-state index contributed by atoms with van der Waals surface area (Å²) in [5.41, 5.74) is 0. The molecule has 0 atom stereocenters. The van der Waals surface area contributed by atoms with E-state index in [4.69, 9.17) is 0 Å². The lowest BCUT2D eigenvalue weighted by atomic mass is 10.3. The first-order valence-electron chi connectivity index (χ1n) is 14.8. The molecule has 0 aromatic heterocycles. The normalized spacial score (nSPS) is 10.8. The largest absolute Gasteiger partial charge is 0.469 e. The molecule has 0 aliphatic rings. The van der Waals surface area contributed by atoms with Gasteiger partial charge in [-0.1, -0.05) is 0 Å². The Bertz CT molecular complexity index is 753. The molecule has 0 saturated heterocycles. The number of amides is 2. The van der Waals surface area contributed by atoms with Crippen LogP contribution in [-0.2, 0) is 47.7 Å². The van der Waals surface area contributed by atoms with Gasteiger partial charge in [-0.25, -0.2) is 0 Å². The molecule has 0 aliphatic heterocycles. The van der Waals surface area contributed by atoms with Crippen molar-refractivity contribution in [3.05, 3.63) is 0 Å². The van der Waals surface area contributed by atoms with Crippen LogP contribution in [0.5, 0.6) is 0 Å². The van der Waals surface area contributed by atoms with Crippen molar-refractivity contribution in [2.45, 2.75) is 38.5 Å². The quantitative estimate of drug-likeness (QED) is 0.0443. The minimum Gasteiger partial charge on any atom is -0.469 e. The molecule has 0 spiro atoms. The van der Waals surface area contributed by atoms with Crippen molar-refractivity contribution in [2.75, 3.05) is 107 Å². The molecule has 0 aromatic carbocycles. The maximum atomic E-state index is 12.1. The first kappa shape index (κ1) is 40.7. The maximum Gasteiger partial charge on any atom is 0.306 e. The van der Waals surface area contributed by atoms with Crippen molar-refractivity contribution in [1.82, 2.24) is 31.1 Å². The molecule has 0 rings (SSSR count). The van der Waals surface area contributed by atoms with E-state index >= 15 is 0 Å². The smallest absolute Gasteiger partial charge is 0.306 e. The molecule has 0 bridgehead atoms. The second kappa shape index (κ2) is 27.2. The molecular formula is C28H52N6O10. The number of rotatable bonds is 27. The SMILES string of the molecule is COC(=O)CCN(CCNC(=O)CCNCCNCCC(=O)NCCN(CCC(=O)OC)CCC(=O)OC)CCC(=O)OC. The van der Waals surface area contributed by atoms with Gasteiger partial charge in [0.15, 0.2) is 0 Å². The summed E-state index contributed by atoms with van der Waals surface area (Å²) < 4.78 is 18.6. The molecule has 0 aromatic rings. The van der Waals surface area contributed by atoms with Gasteiger partial charge in [0, 0.05) is 91.4 Å². The Morgan fingerprint density at radius 2 is 0.705 bits per heavy atom. The second-order valence-electron chi connectivity index (χ2n) is 9.69.